The van der Waals surface area contributed by atoms with Gasteiger partial charge in [-0.15, -0.1) is 13.2 Å². The van der Waals surface area contributed by atoms with Crippen LogP contribution in [-0.2, 0) is 4.79 Å². The Hall–Kier alpha value is -4.35. The Morgan fingerprint density at radius 2 is 1.61 bits per heavy atom. The minimum atomic E-state index is -4.75. The lowest BCUT2D eigenvalue weighted by molar-refractivity contribution is -0.274. The molecule has 3 aromatic rings. The van der Waals surface area contributed by atoms with Gasteiger partial charge >= 0.3 is 6.36 Å². The predicted molar refractivity (Wildman–Crippen MR) is 125 cm³/mol. The van der Waals surface area contributed by atoms with Crippen molar-refractivity contribution in [3.8, 4) is 28.6 Å². The van der Waals surface area contributed by atoms with Crippen molar-refractivity contribution in [2.75, 3.05) is 11.4 Å². The summed E-state index contributed by atoms with van der Waals surface area (Å²) in [4.78, 5) is 31.4. The third kappa shape index (κ3) is 7.08. The van der Waals surface area contributed by atoms with Crippen molar-refractivity contribution >= 4 is 18.1 Å². The van der Waals surface area contributed by atoms with Crippen LogP contribution in [0.5, 0.6) is 17.2 Å². The van der Waals surface area contributed by atoms with Crippen molar-refractivity contribution in [1.29, 1.82) is 0 Å². The van der Waals surface area contributed by atoms with E-state index in [0.29, 0.717) is 34.7 Å². The van der Waals surface area contributed by atoms with Crippen LogP contribution in [0.2, 0.25) is 0 Å². The first-order valence-corrected chi connectivity index (χ1v) is 10.8. The Labute approximate surface area is 204 Å². The number of hydrogen-bond donors (Lipinski definition) is 2. The van der Waals surface area contributed by atoms with Crippen LogP contribution in [0.25, 0.3) is 11.4 Å². The number of amides is 2. The molecular weight excluding hydrogens is 479 g/mol. The van der Waals surface area contributed by atoms with E-state index in [1.807, 2.05) is 0 Å². The van der Waals surface area contributed by atoms with E-state index in [-0.39, 0.29) is 17.9 Å². The van der Waals surface area contributed by atoms with Crippen LogP contribution in [0.4, 0.5) is 19.0 Å². The van der Waals surface area contributed by atoms with Gasteiger partial charge < -0.3 is 25.8 Å². The van der Waals surface area contributed by atoms with Crippen molar-refractivity contribution in [3.05, 3.63) is 60.3 Å². The normalized spacial score (nSPS) is 15.0. The number of nitrogens with two attached hydrogens (primary N) is 2. The van der Waals surface area contributed by atoms with Gasteiger partial charge in [-0.2, -0.15) is 0 Å². The number of aromatic nitrogens is 2. The molecule has 2 amide bonds. The lowest BCUT2D eigenvalue weighted by Crippen LogP contribution is -2.28. The molecule has 1 saturated heterocycles. The fraction of sp³-hybridized carbons (Fsp3) is 0.250. The largest absolute Gasteiger partial charge is 0.573 e. The minimum Gasteiger partial charge on any atom is -0.457 e. The van der Waals surface area contributed by atoms with Gasteiger partial charge in [-0.1, -0.05) is 0 Å². The van der Waals surface area contributed by atoms with Crippen molar-refractivity contribution in [2.45, 2.75) is 32.2 Å². The molecule has 2 heterocycles. The summed E-state index contributed by atoms with van der Waals surface area (Å²) in [5, 5.41) is 0. The highest BCUT2D eigenvalue weighted by molar-refractivity contribution is 5.92. The summed E-state index contributed by atoms with van der Waals surface area (Å²) in [5.41, 5.74) is 10.4. The van der Waals surface area contributed by atoms with Gasteiger partial charge in [0, 0.05) is 24.2 Å². The van der Waals surface area contributed by atoms with E-state index >= 15 is 0 Å². The van der Waals surface area contributed by atoms with Gasteiger partial charge in [-0.05, 0) is 68.3 Å². The van der Waals surface area contributed by atoms with Crippen molar-refractivity contribution in [2.24, 2.45) is 11.5 Å². The number of ether oxygens (including phenoxy) is 2. The summed E-state index contributed by atoms with van der Waals surface area (Å²) in [6.45, 7) is 2.95. The maximum atomic E-state index is 12.3. The Kier molecular flexibility index (Phi) is 8.30. The molecule has 1 aromatic heterocycles. The first kappa shape index (κ1) is 26.3. The number of carbonyl (C=O) groups excluding carboxylic acids is 2. The molecule has 12 heteroatoms. The summed E-state index contributed by atoms with van der Waals surface area (Å²) in [5.74, 6) is 0.850. The highest BCUT2D eigenvalue weighted by Gasteiger charge is 2.31. The van der Waals surface area contributed by atoms with Crippen LogP contribution in [0.15, 0.2) is 54.6 Å². The molecule has 36 heavy (non-hydrogen) atoms. The summed E-state index contributed by atoms with van der Waals surface area (Å²) in [7, 11) is 0. The fourth-order valence-corrected chi connectivity index (χ4v) is 3.63. The molecule has 4 N–H and O–H groups in total. The quantitative estimate of drug-likeness (QED) is 0.485. The molecule has 0 aliphatic carbocycles. The molecular formula is C24H24F3N5O4. The Balaban J connectivity index is 0.00000115. The summed E-state index contributed by atoms with van der Waals surface area (Å²) < 4.78 is 46.3. The van der Waals surface area contributed by atoms with Crippen molar-refractivity contribution < 1.29 is 32.2 Å². The van der Waals surface area contributed by atoms with E-state index in [4.69, 9.17) is 15.3 Å². The molecule has 1 atom stereocenters. The topological polar surface area (TPSA) is 134 Å². The molecule has 0 radical (unpaired) electrons. The van der Waals surface area contributed by atoms with E-state index in [1.54, 1.807) is 30.3 Å². The van der Waals surface area contributed by atoms with Gasteiger partial charge in [0.25, 0.3) is 5.91 Å². The first-order chi connectivity index (χ1) is 17.1. The van der Waals surface area contributed by atoms with Crippen LogP contribution >= 0.6 is 0 Å². The number of halogens is 3. The van der Waals surface area contributed by atoms with Gasteiger partial charge in [0.15, 0.2) is 5.82 Å². The molecule has 1 unspecified atom stereocenters. The molecule has 4 rings (SSSR count). The maximum Gasteiger partial charge on any atom is 0.573 e. The van der Waals surface area contributed by atoms with Gasteiger partial charge in [0.05, 0.1) is 0 Å². The molecule has 2 aromatic carbocycles. The zero-order valence-corrected chi connectivity index (χ0v) is 19.2. The fourth-order valence-electron chi connectivity index (χ4n) is 3.63. The molecule has 1 fully saturated rings. The Morgan fingerprint density at radius 1 is 1.06 bits per heavy atom. The average molecular weight is 503 g/mol. The zero-order valence-electron chi connectivity index (χ0n) is 19.2. The van der Waals surface area contributed by atoms with Gasteiger partial charge in [0.2, 0.25) is 6.41 Å². The summed E-state index contributed by atoms with van der Waals surface area (Å²) in [6, 6.07) is 13.8. The Morgan fingerprint density at radius 3 is 2.11 bits per heavy atom. The van der Waals surface area contributed by atoms with E-state index in [2.05, 4.69) is 32.3 Å². The van der Waals surface area contributed by atoms with Crippen LogP contribution in [0, 0.1) is 0 Å². The van der Waals surface area contributed by atoms with Crippen LogP contribution < -0.4 is 25.8 Å². The molecule has 0 saturated carbocycles. The monoisotopic (exact) mass is 503 g/mol. The van der Waals surface area contributed by atoms with E-state index in [1.165, 1.54) is 24.3 Å². The standard InChI is InChI=1S/C23H21F3N4O3.CH3NO/c1-14-3-2-12-30(14)20-13-19(21(27)31)28-22(29-20)15-4-6-16(7-5-15)32-17-8-10-18(11-9-17)33-23(24,25)26;2-1-3/h4-11,13-14H,2-3,12H2,1H3,(H2,27,31);1H,(H2,2,3). The number of anilines is 1. The van der Waals surface area contributed by atoms with Gasteiger partial charge in [-0.25, -0.2) is 9.97 Å². The first-order valence-electron chi connectivity index (χ1n) is 10.8. The maximum absolute atomic E-state index is 12.3. The number of benzene rings is 2. The number of hydrogen-bond acceptors (Lipinski definition) is 7. The SMILES string of the molecule is CC1CCCN1c1cc(C(N)=O)nc(-c2ccc(Oc3ccc(OC(F)(F)F)cc3)cc2)n1.NC=O. The van der Waals surface area contributed by atoms with Crippen molar-refractivity contribution in [3.63, 3.8) is 0 Å². The second-order valence-corrected chi connectivity index (χ2v) is 7.77. The van der Waals surface area contributed by atoms with Crippen molar-refractivity contribution in [1.82, 2.24) is 9.97 Å². The smallest absolute Gasteiger partial charge is 0.457 e. The van der Waals surface area contributed by atoms with Gasteiger partial charge in [-0.3, -0.25) is 9.59 Å². The third-order valence-corrected chi connectivity index (χ3v) is 5.22. The minimum absolute atomic E-state index is 0.135. The van der Waals surface area contributed by atoms with E-state index in [0.717, 1.165) is 19.4 Å². The second-order valence-electron chi connectivity index (χ2n) is 7.77. The summed E-state index contributed by atoms with van der Waals surface area (Å²) in [6.07, 6.45) is -2.42. The van der Waals surface area contributed by atoms with Gasteiger partial charge in [0.1, 0.15) is 28.8 Å². The number of primary amides is 2. The third-order valence-electron chi connectivity index (χ3n) is 5.22. The predicted octanol–water partition coefficient (Wildman–Crippen LogP) is 4.02. The molecule has 1 aliphatic heterocycles. The molecule has 9 nitrogen and oxygen atoms in total. The number of nitrogens with zero attached hydrogens (tertiary/aromatic N) is 3. The molecule has 0 spiro atoms. The van der Waals surface area contributed by atoms with E-state index in [9.17, 15) is 18.0 Å². The molecule has 1 aliphatic rings. The van der Waals surface area contributed by atoms with E-state index < -0.39 is 12.3 Å². The highest BCUT2D eigenvalue weighted by atomic mass is 19.4. The van der Waals surface area contributed by atoms with Crippen LogP contribution in [0.1, 0.15) is 30.3 Å². The summed E-state index contributed by atoms with van der Waals surface area (Å²) >= 11 is 0. The number of rotatable bonds is 6. The Bertz CT molecular complexity index is 1190. The average Bonchev–Trinajstić information content (AvgIpc) is 3.26. The van der Waals surface area contributed by atoms with Crippen LogP contribution in [0.3, 0.4) is 0 Å². The number of alkyl halides is 3. The van der Waals surface area contributed by atoms with Crippen LogP contribution in [-0.4, -0.2) is 41.2 Å². The number of carbonyl (C=O) groups is 2. The molecule has 0 bridgehead atoms. The lowest BCUT2D eigenvalue weighted by atomic mass is 10.2. The zero-order chi connectivity index (χ0) is 26.3. The second kappa shape index (κ2) is 11.4. The molecule has 190 valence electrons. The lowest BCUT2D eigenvalue weighted by Gasteiger charge is -2.23. The highest BCUT2D eigenvalue weighted by Crippen LogP contribution is 2.30.